The molecule has 0 bridgehead atoms. The minimum Gasteiger partial charge on any atom is -0.348 e. The zero-order chi connectivity index (χ0) is 15.7. The van der Waals surface area contributed by atoms with Gasteiger partial charge < -0.3 is 16.0 Å². The first-order valence-electron chi connectivity index (χ1n) is 7.76. The van der Waals surface area contributed by atoms with Crippen LogP contribution in [0.25, 0.3) is 10.2 Å². The highest BCUT2D eigenvalue weighted by Gasteiger charge is 2.19. The van der Waals surface area contributed by atoms with Crippen LogP contribution in [0.1, 0.15) is 26.7 Å². The SMILES string of the molecule is CC(C)[C@H](N)C(=O)Nc1ccc2nc(N3CCCC3)sc2c1.Cl. The Bertz CT molecular complexity index is 682. The zero-order valence-corrected chi connectivity index (χ0v) is 15.0. The predicted octanol–water partition coefficient (Wildman–Crippen LogP) is 3.24. The van der Waals surface area contributed by atoms with E-state index in [1.807, 2.05) is 32.0 Å². The van der Waals surface area contributed by atoms with Gasteiger partial charge in [-0.2, -0.15) is 0 Å². The number of halogens is 1. The number of fused-ring (bicyclic) bond motifs is 1. The first kappa shape index (κ1) is 18.0. The number of carbonyl (C=O) groups excluding carboxylic acids is 1. The monoisotopic (exact) mass is 354 g/mol. The van der Waals surface area contributed by atoms with Crippen LogP contribution in [-0.4, -0.2) is 30.0 Å². The number of hydrogen-bond acceptors (Lipinski definition) is 5. The van der Waals surface area contributed by atoms with Crippen molar-refractivity contribution in [1.29, 1.82) is 0 Å². The lowest BCUT2D eigenvalue weighted by Crippen LogP contribution is -2.39. The standard InChI is InChI=1S/C16H22N4OS.ClH/c1-10(2)14(17)15(21)18-11-5-6-12-13(9-11)22-16(19-12)20-7-3-4-8-20;/h5-6,9-10,14H,3-4,7-8,17H2,1-2H3,(H,18,21);1H/t14-;/m0./s1. The number of aromatic nitrogens is 1. The third-order valence-electron chi connectivity index (χ3n) is 4.04. The Labute approximate surface area is 146 Å². The molecule has 1 atom stereocenters. The van der Waals surface area contributed by atoms with Gasteiger partial charge in [-0.3, -0.25) is 4.79 Å². The van der Waals surface area contributed by atoms with Crippen molar-refractivity contribution in [3.63, 3.8) is 0 Å². The van der Waals surface area contributed by atoms with Crippen molar-refractivity contribution < 1.29 is 4.79 Å². The van der Waals surface area contributed by atoms with Gasteiger partial charge in [-0.25, -0.2) is 4.98 Å². The summed E-state index contributed by atoms with van der Waals surface area (Å²) in [4.78, 5) is 19.1. The summed E-state index contributed by atoms with van der Waals surface area (Å²) >= 11 is 1.68. The molecule has 0 aliphatic carbocycles. The summed E-state index contributed by atoms with van der Waals surface area (Å²) in [5.74, 6) is -0.0208. The fraction of sp³-hybridized carbons (Fsp3) is 0.500. The normalized spacial score (nSPS) is 15.7. The zero-order valence-electron chi connectivity index (χ0n) is 13.4. The van der Waals surface area contributed by atoms with Crippen molar-refractivity contribution in [2.45, 2.75) is 32.7 Å². The molecule has 1 aromatic heterocycles. The van der Waals surface area contributed by atoms with Crippen molar-refractivity contribution in [3.05, 3.63) is 18.2 Å². The summed E-state index contributed by atoms with van der Waals surface area (Å²) in [7, 11) is 0. The Kier molecular flexibility index (Phi) is 5.84. The molecule has 7 heteroatoms. The molecule has 0 spiro atoms. The number of thiazole rings is 1. The highest BCUT2D eigenvalue weighted by Crippen LogP contribution is 2.32. The third-order valence-corrected chi connectivity index (χ3v) is 5.12. The quantitative estimate of drug-likeness (QED) is 0.884. The molecule has 1 fully saturated rings. The Morgan fingerprint density at radius 3 is 2.70 bits per heavy atom. The number of amides is 1. The number of nitrogens with zero attached hydrogens (tertiary/aromatic N) is 2. The van der Waals surface area contributed by atoms with E-state index >= 15 is 0 Å². The molecule has 2 aromatic rings. The highest BCUT2D eigenvalue weighted by molar-refractivity contribution is 7.22. The Balaban J connectivity index is 0.00000192. The van der Waals surface area contributed by atoms with Gasteiger partial charge in [0.05, 0.1) is 16.3 Å². The first-order valence-corrected chi connectivity index (χ1v) is 8.58. The van der Waals surface area contributed by atoms with E-state index in [0.29, 0.717) is 0 Å². The second-order valence-corrected chi connectivity index (χ2v) is 7.14. The van der Waals surface area contributed by atoms with Gasteiger partial charge in [-0.1, -0.05) is 25.2 Å². The molecule has 126 valence electrons. The smallest absolute Gasteiger partial charge is 0.241 e. The van der Waals surface area contributed by atoms with Gasteiger partial charge in [0.25, 0.3) is 0 Å². The van der Waals surface area contributed by atoms with E-state index < -0.39 is 6.04 Å². The lowest BCUT2D eigenvalue weighted by Gasteiger charge is -2.15. The average molecular weight is 355 g/mol. The van der Waals surface area contributed by atoms with Gasteiger partial charge in [0.15, 0.2) is 5.13 Å². The maximum absolute atomic E-state index is 12.0. The number of anilines is 2. The second-order valence-electron chi connectivity index (χ2n) is 6.13. The molecule has 1 amide bonds. The molecule has 0 radical (unpaired) electrons. The molecule has 1 saturated heterocycles. The Morgan fingerprint density at radius 2 is 2.04 bits per heavy atom. The third kappa shape index (κ3) is 3.94. The summed E-state index contributed by atoms with van der Waals surface area (Å²) in [5.41, 5.74) is 7.65. The van der Waals surface area contributed by atoms with Gasteiger partial charge in [-0.15, -0.1) is 12.4 Å². The van der Waals surface area contributed by atoms with Gasteiger partial charge in [0, 0.05) is 18.8 Å². The van der Waals surface area contributed by atoms with E-state index in [0.717, 1.165) is 34.1 Å². The van der Waals surface area contributed by atoms with E-state index in [9.17, 15) is 4.79 Å². The lowest BCUT2D eigenvalue weighted by molar-refractivity contribution is -0.118. The van der Waals surface area contributed by atoms with Crippen LogP contribution >= 0.6 is 23.7 Å². The molecular formula is C16H23ClN4OS. The number of carbonyl (C=O) groups is 1. The number of nitrogens with one attached hydrogen (secondary N) is 1. The molecule has 0 unspecified atom stereocenters. The van der Waals surface area contributed by atoms with Crippen LogP contribution in [0.3, 0.4) is 0 Å². The molecule has 3 rings (SSSR count). The molecular weight excluding hydrogens is 332 g/mol. The van der Waals surface area contributed by atoms with Gasteiger partial charge in [0.1, 0.15) is 0 Å². The highest BCUT2D eigenvalue weighted by atomic mass is 35.5. The van der Waals surface area contributed by atoms with Crippen molar-refractivity contribution in [1.82, 2.24) is 4.98 Å². The minimum absolute atomic E-state index is 0. The van der Waals surface area contributed by atoms with Crippen molar-refractivity contribution >= 4 is 50.7 Å². The maximum Gasteiger partial charge on any atom is 0.241 e. The van der Waals surface area contributed by atoms with Crippen molar-refractivity contribution in [2.75, 3.05) is 23.3 Å². The molecule has 0 saturated carbocycles. The summed E-state index contributed by atoms with van der Waals surface area (Å²) in [5, 5.41) is 3.97. The van der Waals surface area contributed by atoms with E-state index in [1.165, 1.54) is 12.8 Å². The van der Waals surface area contributed by atoms with Gasteiger partial charge >= 0.3 is 0 Å². The fourth-order valence-electron chi connectivity index (χ4n) is 2.56. The molecule has 2 heterocycles. The van der Waals surface area contributed by atoms with E-state index in [-0.39, 0.29) is 24.2 Å². The van der Waals surface area contributed by atoms with Crippen LogP contribution in [-0.2, 0) is 4.79 Å². The largest absolute Gasteiger partial charge is 0.348 e. The summed E-state index contributed by atoms with van der Waals surface area (Å²) < 4.78 is 1.10. The molecule has 23 heavy (non-hydrogen) atoms. The molecule has 1 aromatic carbocycles. The van der Waals surface area contributed by atoms with Crippen LogP contribution in [0, 0.1) is 5.92 Å². The average Bonchev–Trinajstić information content (AvgIpc) is 3.14. The van der Waals surface area contributed by atoms with Crippen molar-refractivity contribution in [2.24, 2.45) is 11.7 Å². The van der Waals surface area contributed by atoms with Crippen LogP contribution in [0.5, 0.6) is 0 Å². The van der Waals surface area contributed by atoms with Gasteiger partial charge in [0.2, 0.25) is 5.91 Å². The summed E-state index contributed by atoms with van der Waals surface area (Å²) in [6, 6.07) is 5.34. The minimum atomic E-state index is -0.489. The molecule has 1 aliphatic heterocycles. The van der Waals surface area contributed by atoms with E-state index in [2.05, 4.69) is 15.2 Å². The van der Waals surface area contributed by atoms with Crippen LogP contribution in [0.15, 0.2) is 18.2 Å². The number of benzene rings is 1. The van der Waals surface area contributed by atoms with E-state index in [4.69, 9.17) is 5.73 Å². The van der Waals surface area contributed by atoms with Crippen LogP contribution in [0.2, 0.25) is 0 Å². The van der Waals surface area contributed by atoms with Crippen LogP contribution in [0.4, 0.5) is 10.8 Å². The van der Waals surface area contributed by atoms with Crippen molar-refractivity contribution in [3.8, 4) is 0 Å². The molecule has 5 nitrogen and oxygen atoms in total. The number of nitrogens with two attached hydrogens (primary N) is 1. The number of hydrogen-bond donors (Lipinski definition) is 2. The first-order chi connectivity index (χ1) is 10.5. The Morgan fingerprint density at radius 1 is 1.35 bits per heavy atom. The summed E-state index contributed by atoms with van der Waals surface area (Å²) in [6.45, 7) is 6.07. The fourth-order valence-corrected chi connectivity index (χ4v) is 3.62. The number of rotatable bonds is 4. The maximum atomic E-state index is 12.0. The lowest BCUT2D eigenvalue weighted by atomic mass is 10.1. The Hall–Kier alpha value is -1.37. The topological polar surface area (TPSA) is 71.2 Å². The van der Waals surface area contributed by atoms with E-state index in [1.54, 1.807) is 11.3 Å². The predicted molar refractivity (Wildman–Crippen MR) is 99.8 cm³/mol. The molecule has 3 N–H and O–H groups in total. The summed E-state index contributed by atoms with van der Waals surface area (Å²) in [6.07, 6.45) is 2.48. The molecule has 1 aliphatic rings. The van der Waals surface area contributed by atoms with Crippen LogP contribution < -0.4 is 16.0 Å². The second kappa shape index (κ2) is 7.47. The van der Waals surface area contributed by atoms with Gasteiger partial charge in [-0.05, 0) is 37.0 Å².